The minimum atomic E-state index is -0.275. The normalized spacial score (nSPS) is 10.2. The summed E-state index contributed by atoms with van der Waals surface area (Å²) in [5.41, 5.74) is 1.49. The topological polar surface area (TPSA) is 87.3 Å². The van der Waals surface area contributed by atoms with Crippen molar-refractivity contribution < 1.29 is 14.4 Å². The van der Waals surface area contributed by atoms with E-state index in [0.29, 0.717) is 23.2 Å². The molecule has 120 valence electrons. The SMILES string of the molecule is CCNC(=O)c1cc(CNC(=O)C(C)C)cc(C(=O)NC)c1. The van der Waals surface area contributed by atoms with Gasteiger partial charge in [-0.2, -0.15) is 0 Å². The molecule has 0 atom stereocenters. The lowest BCUT2D eigenvalue weighted by molar-refractivity contribution is -0.124. The van der Waals surface area contributed by atoms with Gasteiger partial charge in [0.1, 0.15) is 0 Å². The van der Waals surface area contributed by atoms with Crippen molar-refractivity contribution in [3.05, 3.63) is 34.9 Å². The van der Waals surface area contributed by atoms with Crippen molar-refractivity contribution in [3.63, 3.8) is 0 Å². The van der Waals surface area contributed by atoms with Crippen LogP contribution in [0, 0.1) is 5.92 Å². The standard InChI is InChI=1S/C16H23N3O3/c1-5-18-16(22)13-7-11(9-19-14(20)10(2)3)6-12(8-13)15(21)17-4/h6-8,10H,5,9H2,1-4H3,(H,17,21)(H,18,22)(H,19,20). The average molecular weight is 305 g/mol. The maximum Gasteiger partial charge on any atom is 0.251 e. The van der Waals surface area contributed by atoms with Gasteiger partial charge in [-0.1, -0.05) is 13.8 Å². The second kappa shape index (κ2) is 8.17. The summed E-state index contributed by atoms with van der Waals surface area (Å²) in [6.07, 6.45) is 0. The Hall–Kier alpha value is -2.37. The van der Waals surface area contributed by atoms with Gasteiger partial charge in [0.25, 0.3) is 11.8 Å². The average Bonchev–Trinajstić information content (AvgIpc) is 2.51. The Bertz CT molecular complexity index is 568. The van der Waals surface area contributed by atoms with Gasteiger partial charge in [0.15, 0.2) is 0 Å². The summed E-state index contributed by atoms with van der Waals surface area (Å²) in [4.78, 5) is 35.4. The minimum Gasteiger partial charge on any atom is -0.355 e. The summed E-state index contributed by atoms with van der Waals surface area (Å²) in [5, 5.41) is 8.01. The van der Waals surface area contributed by atoms with E-state index in [4.69, 9.17) is 0 Å². The molecule has 0 aliphatic rings. The summed E-state index contributed by atoms with van der Waals surface area (Å²) >= 11 is 0. The molecule has 0 fully saturated rings. The van der Waals surface area contributed by atoms with Gasteiger partial charge in [-0.3, -0.25) is 14.4 Å². The molecule has 3 N–H and O–H groups in total. The Morgan fingerprint density at radius 3 is 2.09 bits per heavy atom. The smallest absolute Gasteiger partial charge is 0.251 e. The van der Waals surface area contributed by atoms with Gasteiger partial charge in [0.05, 0.1) is 0 Å². The van der Waals surface area contributed by atoms with Crippen molar-refractivity contribution in [2.45, 2.75) is 27.3 Å². The van der Waals surface area contributed by atoms with E-state index in [1.54, 1.807) is 26.0 Å². The van der Waals surface area contributed by atoms with Crippen molar-refractivity contribution >= 4 is 17.7 Å². The maximum atomic E-state index is 12.0. The summed E-state index contributed by atoms with van der Waals surface area (Å²) in [6.45, 7) is 6.20. The predicted molar refractivity (Wildman–Crippen MR) is 84.5 cm³/mol. The fourth-order valence-electron chi connectivity index (χ4n) is 1.86. The Labute approximate surface area is 130 Å². The Morgan fingerprint density at radius 1 is 1.00 bits per heavy atom. The van der Waals surface area contributed by atoms with Crippen LogP contribution in [0.4, 0.5) is 0 Å². The molecule has 1 aromatic rings. The zero-order valence-corrected chi connectivity index (χ0v) is 13.4. The van der Waals surface area contributed by atoms with E-state index < -0.39 is 0 Å². The molecular weight excluding hydrogens is 282 g/mol. The monoisotopic (exact) mass is 305 g/mol. The molecule has 0 aliphatic heterocycles. The quantitative estimate of drug-likeness (QED) is 0.734. The van der Waals surface area contributed by atoms with E-state index in [1.807, 2.05) is 6.92 Å². The first-order valence-electron chi connectivity index (χ1n) is 7.31. The van der Waals surface area contributed by atoms with E-state index in [1.165, 1.54) is 13.1 Å². The van der Waals surface area contributed by atoms with E-state index in [-0.39, 0.29) is 30.2 Å². The molecule has 0 saturated heterocycles. The van der Waals surface area contributed by atoms with Crippen LogP contribution in [0.3, 0.4) is 0 Å². The van der Waals surface area contributed by atoms with E-state index >= 15 is 0 Å². The molecule has 0 saturated carbocycles. The molecule has 0 heterocycles. The molecule has 0 spiro atoms. The van der Waals surface area contributed by atoms with Gasteiger partial charge in [0, 0.05) is 37.2 Å². The van der Waals surface area contributed by atoms with Crippen LogP contribution in [0.15, 0.2) is 18.2 Å². The van der Waals surface area contributed by atoms with Crippen LogP contribution in [0.25, 0.3) is 0 Å². The number of carbonyl (C=O) groups excluding carboxylic acids is 3. The number of hydrogen-bond acceptors (Lipinski definition) is 3. The lowest BCUT2D eigenvalue weighted by Crippen LogP contribution is -2.28. The molecule has 6 heteroatoms. The van der Waals surface area contributed by atoms with Gasteiger partial charge in [-0.05, 0) is 30.7 Å². The first kappa shape index (κ1) is 17.7. The van der Waals surface area contributed by atoms with Crippen molar-refractivity contribution in [2.75, 3.05) is 13.6 Å². The third-order valence-electron chi connectivity index (χ3n) is 3.07. The highest BCUT2D eigenvalue weighted by atomic mass is 16.2. The fourth-order valence-corrected chi connectivity index (χ4v) is 1.86. The number of carbonyl (C=O) groups is 3. The molecule has 0 radical (unpaired) electrons. The molecule has 0 bridgehead atoms. The second-order valence-electron chi connectivity index (χ2n) is 5.23. The lowest BCUT2D eigenvalue weighted by atomic mass is 10.0. The number of benzene rings is 1. The highest BCUT2D eigenvalue weighted by Gasteiger charge is 2.13. The van der Waals surface area contributed by atoms with Crippen LogP contribution in [-0.2, 0) is 11.3 Å². The molecule has 6 nitrogen and oxygen atoms in total. The first-order valence-corrected chi connectivity index (χ1v) is 7.31. The molecule has 0 aliphatic carbocycles. The predicted octanol–water partition coefficient (Wildman–Crippen LogP) is 1.07. The molecule has 3 amide bonds. The Kier molecular flexibility index (Phi) is 6.56. The summed E-state index contributed by atoms with van der Waals surface area (Å²) < 4.78 is 0. The highest BCUT2D eigenvalue weighted by Crippen LogP contribution is 2.11. The number of nitrogens with one attached hydrogen (secondary N) is 3. The van der Waals surface area contributed by atoms with Crippen molar-refractivity contribution in [1.82, 2.24) is 16.0 Å². The van der Waals surface area contributed by atoms with E-state index in [9.17, 15) is 14.4 Å². The third kappa shape index (κ3) is 4.87. The molecule has 0 aromatic heterocycles. The third-order valence-corrected chi connectivity index (χ3v) is 3.07. The van der Waals surface area contributed by atoms with Crippen LogP contribution in [0.5, 0.6) is 0 Å². The Balaban J connectivity index is 3.04. The molecule has 22 heavy (non-hydrogen) atoms. The molecule has 1 rings (SSSR count). The second-order valence-corrected chi connectivity index (χ2v) is 5.23. The largest absolute Gasteiger partial charge is 0.355 e. The highest BCUT2D eigenvalue weighted by molar-refractivity contribution is 6.00. The fraction of sp³-hybridized carbons (Fsp3) is 0.438. The van der Waals surface area contributed by atoms with Gasteiger partial charge in [0.2, 0.25) is 5.91 Å². The maximum absolute atomic E-state index is 12.0. The van der Waals surface area contributed by atoms with Crippen molar-refractivity contribution in [3.8, 4) is 0 Å². The van der Waals surface area contributed by atoms with Gasteiger partial charge in [-0.15, -0.1) is 0 Å². The summed E-state index contributed by atoms with van der Waals surface area (Å²) in [5.74, 6) is -0.720. The van der Waals surface area contributed by atoms with Crippen LogP contribution in [0.2, 0.25) is 0 Å². The lowest BCUT2D eigenvalue weighted by Gasteiger charge is -2.11. The van der Waals surface area contributed by atoms with Crippen LogP contribution < -0.4 is 16.0 Å². The molecular formula is C16H23N3O3. The molecule has 1 aromatic carbocycles. The van der Waals surface area contributed by atoms with Gasteiger partial charge >= 0.3 is 0 Å². The minimum absolute atomic E-state index is 0.0788. The van der Waals surface area contributed by atoms with Crippen molar-refractivity contribution in [2.24, 2.45) is 5.92 Å². The zero-order chi connectivity index (χ0) is 16.7. The molecule has 0 unspecified atom stereocenters. The zero-order valence-electron chi connectivity index (χ0n) is 13.4. The number of rotatable bonds is 6. The Morgan fingerprint density at radius 2 is 1.59 bits per heavy atom. The van der Waals surface area contributed by atoms with Gasteiger partial charge < -0.3 is 16.0 Å². The van der Waals surface area contributed by atoms with Crippen LogP contribution >= 0.6 is 0 Å². The first-order chi connectivity index (χ1) is 10.4. The van der Waals surface area contributed by atoms with Crippen LogP contribution in [0.1, 0.15) is 47.1 Å². The van der Waals surface area contributed by atoms with Gasteiger partial charge in [-0.25, -0.2) is 0 Å². The number of hydrogen-bond donors (Lipinski definition) is 3. The summed E-state index contributed by atoms with van der Waals surface area (Å²) in [7, 11) is 1.53. The van der Waals surface area contributed by atoms with Crippen molar-refractivity contribution in [1.29, 1.82) is 0 Å². The number of amides is 3. The van der Waals surface area contributed by atoms with E-state index in [0.717, 1.165) is 0 Å². The van der Waals surface area contributed by atoms with Crippen LogP contribution in [-0.4, -0.2) is 31.3 Å². The summed E-state index contributed by atoms with van der Waals surface area (Å²) in [6, 6.07) is 4.89. The van der Waals surface area contributed by atoms with E-state index in [2.05, 4.69) is 16.0 Å².